The summed E-state index contributed by atoms with van der Waals surface area (Å²) in [4.78, 5) is 2.58. The van der Waals surface area contributed by atoms with E-state index in [0.717, 1.165) is 6.04 Å². The molecule has 2 heteroatoms. The van der Waals surface area contributed by atoms with E-state index in [2.05, 4.69) is 24.1 Å². The fraction of sp³-hybridized carbons (Fsp3) is 1.00. The molecule has 1 aliphatic rings. The van der Waals surface area contributed by atoms with Crippen LogP contribution in [0.1, 0.15) is 46.0 Å². The Morgan fingerprint density at radius 3 is 2.50 bits per heavy atom. The molecule has 1 heterocycles. The van der Waals surface area contributed by atoms with Crippen molar-refractivity contribution in [1.82, 2.24) is 10.2 Å². The van der Waals surface area contributed by atoms with Gasteiger partial charge in [-0.2, -0.15) is 0 Å². The average Bonchev–Trinajstić information content (AvgIpc) is 2.69. The van der Waals surface area contributed by atoms with Crippen LogP contribution in [0.4, 0.5) is 0 Å². The van der Waals surface area contributed by atoms with E-state index in [4.69, 9.17) is 0 Å². The zero-order valence-corrected chi connectivity index (χ0v) is 9.89. The fourth-order valence-corrected chi connectivity index (χ4v) is 2.23. The van der Waals surface area contributed by atoms with Crippen LogP contribution in [0.3, 0.4) is 0 Å². The lowest BCUT2D eigenvalue weighted by Gasteiger charge is -2.19. The lowest BCUT2D eigenvalue weighted by atomic mass is 10.1. The highest BCUT2D eigenvalue weighted by Gasteiger charge is 2.11. The molecule has 0 saturated carbocycles. The van der Waals surface area contributed by atoms with E-state index in [0.29, 0.717) is 0 Å². The Bertz CT molecular complexity index is 130. The smallest absolute Gasteiger partial charge is 0.0107 e. The summed E-state index contributed by atoms with van der Waals surface area (Å²) in [6.07, 6.45) is 6.72. The molecule has 0 radical (unpaired) electrons. The lowest BCUT2D eigenvalue weighted by Crippen LogP contribution is -2.35. The summed E-state index contributed by atoms with van der Waals surface area (Å²) in [5.41, 5.74) is 0. The van der Waals surface area contributed by atoms with Crippen LogP contribution in [0.5, 0.6) is 0 Å². The van der Waals surface area contributed by atoms with Crippen molar-refractivity contribution in [3.05, 3.63) is 0 Å². The van der Waals surface area contributed by atoms with Crippen LogP contribution in [-0.2, 0) is 0 Å². The normalized spacial score (nSPS) is 20.1. The van der Waals surface area contributed by atoms with E-state index < -0.39 is 0 Å². The molecular weight excluding hydrogens is 172 g/mol. The molecule has 1 unspecified atom stereocenters. The van der Waals surface area contributed by atoms with Crippen LogP contribution >= 0.6 is 0 Å². The van der Waals surface area contributed by atoms with Crippen molar-refractivity contribution < 1.29 is 0 Å². The van der Waals surface area contributed by atoms with Crippen LogP contribution in [0.15, 0.2) is 0 Å². The first-order chi connectivity index (χ1) is 6.86. The number of nitrogens with one attached hydrogen (secondary N) is 1. The molecule has 0 aromatic heterocycles. The Kier molecular flexibility index (Phi) is 6.20. The van der Waals surface area contributed by atoms with Gasteiger partial charge in [-0.3, -0.25) is 0 Å². The van der Waals surface area contributed by atoms with E-state index in [1.807, 2.05) is 0 Å². The van der Waals surface area contributed by atoms with E-state index >= 15 is 0 Å². The molecule has 0 aromatic carbocycles. The van der Waals surface area contributed by atoms with Crippen LogP contribution in [0.25, 0.3) is 0 Å². The van der Waals surface area contributed by atoms with E-state index in [-0.39, 0.29) is 0 Å². The first-order valence-electron chi connectivity index (χ1n) is 6.32. The standard InChI is InChI=1S/C12H26N2/c1-3-7-12(4-2)13-8-11-14-9-5-6-10-14/h12-13H,3-11H2,1-2H3. The molecule has 1 N–H and O–H groups in total. The topological polar surface area (TPSA) is 15.3 Å². The summed E-state index contributed by atoms with van der Waals surface area (Å²) >= 11 is 0. The lowest BCUT2D eigenvalue weighted by molar-refractivity contribution is 0.322. The third kappa shape index (κ3) is 4.43. The molecule has 0 bridgehead atoms. The maximum absolute atomic E-state index is 3.66. The van der Waals surface area contributed by atoms with Crippen LogP contribution in [-0.4, -0.2) is 37.1 Å². The zero-order chi connectivity index (χ0) is 10.2. The minimum Gasteiger partial charge on any atom is -0.313 e. The molecule has 84 valence electrons. The molecule has 0 aromatic rings. The molecular formula is C12H26N2. The number of nitrogens with zero attached hydrogens (tertiary/aromatic N) is 1. The predicted octanol–water partition coefficient (Wildman–Crippen LogP) is 2.25. The Morgan fingerprint density at radius 1 is 1.21 bits per heavy atom. The Morgan fingerprint density at radius 2 is 1.93 bits per heavy atom. The Labute approximate surface area is 89.1 Å². The van der Waals surface area contributed by atoms with Crippen LogP contribution in [0.2, 0.25) is 0 Å². The average molecular weight is 198 g/mol. The van der Waals surface area contributed by atoms with E-state index in [9.17, 15) is 0 Å². The fourth-order valence-electron chi connectivity index (χ4n) is 2.23. The third-order valence-electron chi connectivity index (χ3n) is 3.19. The number of likely N-dealkylation sites (tertiary alicyclic amines) is 1. The predicted molar refractivity (Wildman–Crippen MR) is 62.7 cm³/mol. The van der Waals surface area contributed by atoms with E-state index in [1.165, 1.54) is 58.3 Å². The van der Waals surface area contributed by atoms with Gasteiger partial charge in [0.05, 0.1) is 0 Å². The zero-order valence-electron chi connectivity index (χ0n) is 9.89. The van der Waals surface area contributed by atoms with Gasteiger partial charge in [-0.15, -0.1) is 0 Å². The van der Waals surface area contributed by atoms with Crippen LogP contribution < -0.4 is 5.32 Å². The Hall–Kier alpha value is -0.0800. The molecule has 1 saturated heterocycles. The van der Waals surface area contributed by atoms with Crippen molar-refractivity contribution in [1.29, 1.82) is 0 Å². The summed E-state index contributed by atoms with van der Waals surface area (Å²) in [6, 6.07) is 0.752. The number of hydrogen-bond donors (Lipinski definition) is 1. The molecule has 0 aliphatic carbocycles. The van der Waals surface area contributed by atoms with Crippen molar-refractivity contribution in [2.45, 2.75) is 52.0 Å². The molecule has 1 fully saturated rings. The first kappa shape index (κ1) is 12.0. The number of rotatable bonds is 7. The molecule has 0 spiro atoms. The highest BCUT2D eigenvalue weighted by molar-refractivity contribution is 4.69. The minimum atomic E-state index is 0.752. The Balaban J connectivity index is 2.00. The van der Waals surface area contributed by atoms with Gasteiger partial charge in [-0.05, 0) is 38.8 Å². The van der Waals surface area contributed by atoms with Gasteiger partial charge >= 0.3 is 0 Å². The van der Waals surface area contributed by atoms with Gasteiger partial charge < -0.3 is 10.2 Å². The summed E-state index contributed by atoms with van der Waals surface area (Å²) in [5, 5.41) is 3.66. The summed E-state index contributed by atoms with van der Waals surface area (Å²) < 4.78 is 0. The first-order valence-corrected chi connectivity index (χ1v) is 6.32. The molecule has 0 amide bonds. The van der Waals surface area contributed by atoms with Gasteiger partial charge in [0.2, 0.25) is 0 Å². The van der Waals surface area contributed by atoms with Gasteiger partial charge in [0.25, 0.3) is 0 Å². The van der Waals surface area contributed by atoms with Crippen molar-refractivity contribution in [3.63, 3.8) is 0 Å². The maximum atomic E-state index is 3.66. The van der Waals surface area contributed by atoms with Crippen LogP contribution in [0, 0.1) is 0 Å². The summed E-state index contributed by atoms with van der Waals surface area (Å²) in [7, 11) is 0. The minimum absolute atomic E-state index is 0.752. The maximum Gasteiger partial charge on any atom is 0.0107 e. The van der Waals surface area contributed by atoms with E-state index in [1.54, 1.807) is 0 Å². The van der Waals surface area contributed by atoms with Gasteiger partial charge in [-0.25, -0.2) is 0 Å². The van der Waals surface area contributed by atoms with Crippen molar-refractivity contribution in [2.24, 2.45) is 0 Å². The monoisotopic (exact) mass is 198 g/mol. The highest BCUT2D eigenvalue weighted by atomic mass is 15.2. The number of hydrogen-bond acceptors (Lipinski definition) is 2. The molecule has 1 rings (SSSR count). The summed E-state index contributed by atoms with van der Waals surface area (Å²) in [6.45, 7) is 9.63. The molecule has 2 nitrogen and oxygen atoms in total. The molecule has 14 heavy (non-hydrogen) atoms. The van der Waals surface area contributed by atoms with Gasteiger partial charge in [0.1, 0.15) is 0 Å². The van der Waals surface area contributed by atoms with Gasteiger partial charge in [0.15, 0.2) is 0 Å². The second kappa shape index (κ2) is 7.24. The van der Waals surface area contributed by atoms with Gasteiger partial charge in [0, 0.05) is 19.1 Å². The van der Waals surface area contributed by atoms with Gasteiger partial charge in [-0.1, -0.05) is 20.3 Å². The second-order valence-corrected chi connectivity index (χ2v) is 4.40. The molecule has 1 atom stereocenters. The largest absolute Gasteiger partial charge is 0.313 e. The second-order valence-electron chi connectivity index (χ2n) is 4.40. The third-order valence-corrected chi connectivity index (χ3v) is 3.19. The van der Waals surface area contributed by atoms with Crippen molar-refractivity contribution in [2.75, 3.05) is 26.2 Å². The van der Waals surface area contributed by atoms with Crippen molar-refractivity contribution in [3.8, 4) is 0 Å². The molecule has 1 aliphatic heterocycles. The van der Waals surface area contributed by atoms with Crippen molar-refractivity contribution >= 4 is 0 Å². The summed E-state index contributed by atoms with van der Waals surface area (Å²) in [5.74, 6) is 0. The SMILES string of the molecule is CCCC(CC)NCCN1CCCC1. The quantitative estimate of drug-likeness (QED) is 0.675. The highest BCUT2D eigenvalue weighted by Crippen LogP contribution is 2.06.